The molecule has 3 unspecified atom stereocenters. The SMILES string of the molecule is CCN1c2ccc3c(S(=O)(=O)O)cc(S(=O)(=O)O)cc3c2C(C)(CCOCCOCCOC)C1C=CC=CC=C1N(CCCCCC(=O)O)c2ccc3c(S(=O)(=O)O)cc(S(=O)(=O)O)cc3c2C1(C)CCOCCOCCOC. The Morgan fingerprint density at radius 3 is 1.57 bits per heavy atom. The minimum Gasteiger partial charge on any atom is -0.481 e. The van der Waals surface area contributed by atoms with Crippen LogP contribution >= 0.6 is 0 Å². The van der Waals surface area contributed by atoms with E-state index in [1.165, 1.54) is 24.3 Å². The second-order valence-corrected chi connectivity index (χ2v) is 25.1. The third kappa shape index (κ3) is 15.0. The first-order valence-electron chi connectivity index (χ1n) is 25.5. The summed E-state index contributed by atoms with van der Waals surface area (Å²) in [6.07, 6.45) is 11.0. The van der Waals surface area contributed by atoms with Gasteiger partial charge in [0, 0.05) is 85.6 Å². The van der Waals surface area contributed by atoms with E-state index in [1.807, 2.05) is 43.9 Å². The molecule has 0 fully saturated rings. The molecule has 5 N–H and O–H groups in total. The molecule has 0 saturated carbocycles. The highest BCUT2D eigenvalue weighted by Gasteiger charge is 2.48. The maximum Gasteiger partial charge on any atom is 0.303 e. The van der Waals surface area contributed by atoms with Crippen LogP contribution in [0.5, 0.6) is 0 Å². The molecule has 0 aromatic heterocycles. The topological polar surface area (TPSA) is 317 Å². The smallest absolute Gasteiger partial charge is 0.303 e. The summed E-state index contributed by atoms with van der Waals surface area (Å²) in [5.41, 5.74) is 0.825. The molecule has 79 heavy (non-hydrogen) atoms. The summed E-state index contributed by atoms with van der Waals surface area (Å²) in [6, 6.07) is 9.57. The number of hydrogen-bond acceptors (Lipinski definition) is 17. The Kier molecular flexibility index (Phi) is 21.5. The fourth-order valence-corrected chi connectivity index (χ4v) is 13.3. The number of aliphatic carboxylic acids is 1. The van der Waals surface area contributed by atoms with Crippen LogP contribution in [0, 0.1) is 0 Å². The molecule has 2 aliphatic heterocycles. The molecule has 0 aliphatic carbocycles. The molecule has 0 spiro atoms. The number of hydrogen-bond donors (Lipinski definition) is 5. The molecule has 436 valence electrons. The van der Waals surface area contributed by atoms with Crippen molar-refractivity contribution >= 4 is 79.4 Å². The van der Waals surface area contributed by atoms with E-state index in [1.54, 1.807) is 38.5 Å². The van der Waals surface area contributed by atoms with Gasteiger partial charge >= 0.3 is 5.97 Å². The average molecular weight is 1180 g/mol. The first-order valence-corrected chi connectivity index (χ1v) is 31.2. The van der Waals surface area contributed by atoms with Gasteiger partial charge in [0.25, 0.3) is 40.5 Å². The van der Waals surface area contributed by atoms with Crippen LogP contribution in [0.15, 0.2) is 104 Å². The summed E-state index contributed by atoms with van der Waals surface area (Å²) in [5.74, 6) is -0.944. The van der Waals surface area contributed by atoms with Gasteiger partial charge < -0.3 is 43.3 Å². The van der Waals surface area contributed by atoms with E-state index >= 15 is 0 Å². The van der Waals surface area contributed by atoms with E-state index in [-0.39, 0.29) is 74.0 Å². The lowest BCUT2D eigenvalue weighted by Crippen LogP contribution is -2.42. The molecule has 0 saturated heterocycles. The van der Waals surface area contributed by atoms with Gasteiger partial charge in [-0.3, -0.25) is 23.0 Å². The molecule has 22 nitrogen and oxygen atoms in total. The Balaban J connectivity index is 1.48. The van der Waals surface area contributed by atoms with Gasteiger partial charge in [-0.25, -0.2) is 0 Å². The van der Waals surface area contributed by atoms with Crippen LogP contribution in [0.3, 0.4) is 0 Å². The zero-order chi connectivity index (χ0) is 58.0. The maximum absolute atomic E-state index is 12.9. The molecule has 4 aromatic carbocycles. The highest BCUT2D eigenvalue weighted by molar-refractivity contribution is 7.87. The molecular weight excluding hydrogens is 1110 g/mol. The number of nitrogens with zero attached hydrogens (tertiary/aromatic N) is 2. The monoisotopic (exact) mass is 1180 g/mol. The van der Waals surface area contributed by atoms with Crippen molar-refractivity contribution in [2.75, 3.05) is 103 Å². The van der Waals surface area contributed by atoms with Crippen LogP contribution in [0.1, 0.15) is 70.4 Å². The molecule has 3 atom stereocenters. The van der Waals surface area contributed by atoms with Crippen molar-refractivity contribution in [3.05, 3.63) is 95.7 Å². The number of benzene rings is 4. The zero-order valence-electron chi connectivity index (χ0n) is 44.7. The van der Waals surface area contributed by atoms with E-state index in [4.69, 9.17) is 28.4 Å². The van der Waals surface area contributed by atoms with Crippen LogP contribution in [0.4, 0.5) is 11.4 Å². The van der Waals surface area contributed by atoms with Gasteiger partial charge in [0.15, 0.2) is 0 Å². The van der Waals surface area contributed by atoms with Crippen LogP contribution in [-0.4, -0.2) is 162 Å². The lowest BCUT2D eigenvalue weighted by Gasteiger charge is -2.35. The number of rotatable bonds is 32. The number of carboxylic acid groups (broad SMARTS) is 1. The Labute approximate surface area is 461 Å². The van der Waals surface area contributed by atoms with Gasteiger partial charge in [-0.05, 0) is 104 Å². The number of ether oxygens (including phenoxy) is 6. The number of unbranched alkanes of at least 4 members (excludes halogenated alkanes) is 2. The van der Waals surface area contributed by atoms with Crippen molar-refractivity contribution in [3.8, 4) is 0 Å². The first-order chi connectivity index (χ1) is 37.2. The minimum atomic E-state index is -5.06. The normalized spacial score (nSPS) is 19.5. The number of carbonyl (C=O) groups is 1. The Hall–Kier alpha value is -4.91. The summed E-state index contributed by atoms with van der Waals surface area (Å²) in [6.45, 7) is 9.22. The van der Waals surface area contributed by atoms with Crippen LogP contribution < -0.4 is 9.80 Å². The molecule has 26 heteroatoms. The fourth-order valence-electron chi connectivity index (χ4n) is 10.6. The largest absolute Gasteiger partial charge is 0.481 e. The number of anilines is 2. The molecule has 6 rings (SSSR count). The summed E-state index contributed by atoms with van der Waals surface area (Å²) in [4.78, 5) is 12.6. The first kappa shape index (κ1) is 63.3. The lowest BCUT2D eigenvalue weighted by molar-refractivity contribution is -0.137. The van der Waals surface area contributed by atoms with E-state index in [0.717, 1.165) is 0 Å². The molecule has 2 heterocycles. The quantitative estimate of drug-likeness (QED) is 0.0187. The van der Waals surface area contributed by atoms with Crippen LogP contribution in [0.2, 0.25) is 0 Å². The van der Waals surface area contributed by atoms with Crippen molar-refractivity contribution in [1.82, 2.24) is 0 Å². The van der Waals surface area contributed by atoms with Crippen LogP contribution in [0.25, 0.3) is 21.5 Å². The van der Waals surface area contributed by atoms with E-state index in [9.17, 15) is 61.8 Å². The van der Waals surface area contributed by atoms with Gasteiger partial charge in [0.1, 0.15) is 9.79 Å². The predicted molar refractivity (Wildman–Crippen MR) is 295 cm³/mol. The zero-order valence-corrected chi connectivity index (χ0v) is 48.0. The highest BCUT2D eigenvalue weighted by Crippen LogP contribution is 2.55. The van der Waals surface area contributed by atoms with Gasteiger partial charge in [-0.2, -0.15) is 33.7 Å². The number of carboxylic acids is 1. The Morgan fingerprint density at radius 1 is 0.582 bits per heavy atom. The van der Waals surface area contributed by atoms with Crippen molar-refractivity contribution in [1.29, 1.82) is 0 Å². The highest BCUT2D eigenvalue weighted by atomic mass is 32.2. The maximum atomic E-state index is 12.9. The Morgan fingerprint density at radius 2 is 1.08 bits per heavy atom. The molecule has 0 bridgehead atoms. The van der Waals surface area contributed by atoms with Crippen molar-refractivity contribution in [3.63, 3.8) is 0 Å². The average Bonchev–Trinajstić information content (AvgIpc) is 3.79. The third-order valence-electron chi connectivity index (χ3n) is 14.3. The standard InChI is InChI=1S/C53H70N2O20S4/c1-6-54-43-18-16-39-41(33-37(76(58,59)60)35-45(39)78(64,65)66)50(43)52(2,20-23-72-29-31-74-27-25-70-4)47(54)13-9-7-10-14-48-53(3,21-24-73-30-32-75-28-26-71-5)51-42-34-38(77(61,62)63)36-46(79(67,68)69)40(42)17-19-44(51)55(48)22-12-8-11-15-49(56)57/h7,9-10,13-14,16-19,33-36,47H,6,8,11-12,15,20-32H2,1-5H3,(H,56,57)(H,58,59,60)(H,61,62,63)(H,64,65,66)(H,67,68,69). The summed E-state index contributed by atoms with van der Waals surface area (Å²) in [5, 5.41) is 9.68. The molecule has 0 amide bonds. The van der Waals surface area contributed by atoms with E-state index < -0.39 is 82.9 Å². The summed E-state index contributed by atoms with van der Waals surface area (Å²) >= 11 is 0. The number of fused-ring (bicyclic) bond motifs is 6. The third-order valence-corrected chi connectivity index (χ3v) is 17.8. The fraction of sp³-hybridized carbons (Fsp3) is 0.491. The van der Waals surface area contributed by atoms with E-state index in [0.29, 0.717) is 106 Å². The predicted octanol–water partition coefficient (Wildman–Crippen LogP) is 7.00. The number of likely N-dealkylation sites (N-methyl/N-ethyl adjacent to an activating group) is 1. The van der Waals surface area contributed by atoms with Gasteiger partial charge in [-0.1, -0.05) is 49.8 Å². The van der Waals surface area contributed by atoms with Crippen molar-refractivity contribution < 1.29 is 90.2 Å². The van der Waals surface area contributed by atoms with Crippen molar-refractivity contribution in [2.24, 2.45) is 0 Å². The number of methoxy groups -OCH3 is 2. The van der Waals surface area contributed by atoms with Crippen molar-refractivity contribution in [2.45, 2.75) is 95.7 Å². The second kappa shape index (κ2) is 26.8. The summed E-state index contributed by atoms with van der Waals surface area (Å²) in [7, 11) is -17.0. The molecule has 0 radical (unpaired) electrons. The Bertz CT molecular complexity index is 3400. The van der Waals surface area contributed by atoms with Gasteiger partial charge in [-0.15, -0.1) is 0 Å². The van der Waals surface area contributed by atoms with E-state index in [2.05, 4.69) is 4.90 Å². The van der Waals surface area contributed by atoms with Gasteiger partial charge in [0.2, 0.25) is 0 Å². The molecular formula is C53H70N2O20S4. The molecule has 2 aliphatic rings. The lowest BCUT2D eigenvalue weighted by atomic mass is 9.74. The number of allylic oxidation sites excluding steroid dienone is 5. The van der Waals surface area contributed by atoms with Gasteiger partial charge in [0.05, 0.1) is 68.7 Å². The summed E-state index contributed by atoms with van der Waals surface area (Å²) < 4.78 is 177. The minimum absolute atomic E-state index is 0.00781. The second-order valence-electron chi connectivity index (χ2n) is 19.4. The molecule has 4 aromatic rings. The van der Waals surface area contributed by atoms with Crippen LogP contribution in [-0.2, 0) is 84.5 Å².